The molecule has 0 spiro atoms. The van der Waals surface area contributed by atoms with E-state index in [1.54, 1.807) is 0 Å². The van der Waals surface area contributed by atoms with E-state index in [4.69, 9.17) is 5.11 Å². The Balaban J connectivity index is 4.42. The summed E-state index contributed by atoms with van der Waals surface area (Å²) in [6, 6.07) is 0. The molecule has 0 aromatic heterocycles. The molecule has 11 heavy (non-hydrogen) atoms. The molecule has 5 heteroatoms. The monoisotopic (exact) mass is 184 g/mol. The van der Waals surface area contributed by atoms with E-state index in [1.807, 2.05) is 0 Å². The van der Waals surface area contributed by atoms with Gasteiger partial charge in [0.1, 0.15) is 6.10 Å². The van der Waals surface area contributed by atoms with Crippen molar-refractivity contribution in [3.05, 3.63) is 0 Å². The summed E-state index contributed by atoms with van der Waals surface area (Å²) in [5.74, 6) is -4.40. The number of aliphatic hydroxyl groups is 1. The summed E-state index contributed by atoms with van der Waals surface area (Å²) in [7, 11) is 0. The fraction of sp³-hybridized carbons (Fsp3) is 0.833. The van der Waals surface area contributed by atoms with Crippen LogP contribution in [0.1, 0.15) is 13.8 Å². The zero-order valence-electron chi connectivity index (χ0n) is 6.21. The van der Waals surface area contributed by atoms with Gasteiger partial charge in [0.05, 0.1) is 0 Å². The van der Waals surface area contributed by atoms with Crippen molar-refractivity contribution in [2.24, 2.45) is 5.92 Å². The Morgan fingerprint density at radius 3 is 2.00 bits per heavy atom. The molecule has 0 fully saturated rings. The lowest BCUT2D eigenvalue weighted by Crippen LogP contribution is -2.42. The van der Waals surface area contributed by atoms with Gasteiger partial charge in [-0.2, -0.15) is 8.78 Å². The van der Waals surface area contributed by atoms with Crippen LogP contribution in [0.4, 0.5) is 8.78 Å². The molecule has 0 heterocycles. The zero-order valence-corrected chi connectivity index (χ0v) is 7.11. The third-order valence-electron chi connectivity index (χ3n) is 1.29. The molecule has 0 aliphatic rings. The molecule has 0 aliphatic heterocycles. The molecule has 0 saturated carbocycles. The van der Waals surface area contributed by atoms with E-state index in [-0.39, 0.29) is 0 Å². The van der Waals surface area contributed by atoms with Gasteiger partial charge in [0.2, 0.25) is 0 Å². The van der Waals surface area contributed by atoms with E-state index in [9.17, 15) is 13.6 Å². The summed E-state index contributed by atoms with van der Waals surface area (Å²) in [6.45, 7) is 2.80. The molecular formula is C6H10F2O2S. The van der Waals surface area contributed by atoms with Crippen LogP contribution in [0, 0.1) is 5.92 Å². The van der Waals surface area contributed by atoms with Crippen LogP contribution in [-0.2, 0) is 4.79 Å². The first-order chi connectivity index (χ1) is 4.80. The topological polar surface area (TPSA) is 37.3 Å². The standard InChI is InChI=1S/C6H10F2O2S/c1-3(2)4(9)6(7,8)5(10)11/h3-4,9H,1-2H3,(H,10,11). The van der Waals surface area contributed by atoms with Gasteiger partial charge in [-0.3, -0.25) is 4.79 Å². The number of carbonyl (C=O) groups is 1. The second-order valence-corrected chi connectivity index (χ2v) is 3.02. The molecule has 0 aliphatic carbocycles. The highest BCUT2D eigenvalue weighted by molar-refractivity contribution is 7.96. The molecule has 66 valence electrons. The maximum atomic E-state index is 12.5. The fourth-order valence-corrected chi connectivity index (χ4v) is 0.677. The minimum atomic E-state index is -3.74. The van der Waals surface area contributed by atoms with Crippen LogP contribution < -0.4 is 0 Å². The molecule has 0 radical (unpaired) electrons. The average Bonchev–Trinajstić information content (AvgIpc) is 1.85. The summed E-state index contributed by atoms with van der Waals surface area (Å²) in [4.78, 5) is 10.2. The lowest BCUT2D eigenvalue weighted by Gasteiger charge is -2.21. The SMILES string of the molecule is CC(C)C(O)C(F)(F)C(=O)S. The maximum absolute atomic E-state index is 12.5. The second-order valence-electron chi connectivity index (χ2n) is 2.62. The largest absolute Gasteiger partial charge is 0.386 e. The van der Waals surface area contributed by atoms with Crippen molar-refractivity contribution >= 4 is 17.7 Å². The number of carbonyl (C=O) groups excluding carboxylic acids is 1. The summed E-state index contributed by atoms with van der Waals surface area (Å²) in [5.41, 5.74) is 0. The number of thiol groups is 1. The van der Waals surface area contributed by atoms with Crippen molar-refractivity contribution in [1.82, 2.24) is 0 Å². The van der Waals surface area contributed by atoms with E-state index in [0.29, 0.717) is 0 Å². The molecule has 0 amide bonds. The molecular weight excluding hydrogens is 174 g/mol. The van der Waals surface area contributed by atoms with E-state index in [1.165, 1.54) is 13.8 Å². The minimum absolute atomic E-state index is 0.666. The van der Waals surface area contributed by atoms with Gasteiger partial charge < -0.3 is 5.11 Å². The minimum Gasteiger partial charge on any atom is -0.386 e. The van der Waals surface area contributed by atoms with Gasteiger partial charge in [-0.05, 0) is 5.92 Å². The molecule has 0 aromatic carbocycles. The third kappa shape index (κ3) is 2.41. The molecule has 0 saturated heterocycles. The van der Waals surface area contributed by atoms with Crippen LogP contribution in [0.2, 0.25) is 0 Å². The van der Waals surface area contributed by atoms with E-state index in [0.717, 1.165) is 0 Å². The van der Waals surface area contributed by atoms with Gasteiger partial charge in [-0.1, -0.05) is 26.5 Å². The highest BCUT2D eigenvalue weighted by Gasteiger charge is 2.45. The van der Waals surface area contributed by atoms with Crippen molar-refractivity contribution in [2.75, 3.05) is 0 Å². The Bertz CT molecular complexity index is 159. The zero-order chi connectivity index (χ0) is 9.23. The van der Waals surface area contributed by atoms with E-state index in [2.05, 4.69) is 12.6 Å². The van der Waals surface area contributed by atoms with Crippen molar-refractivity contribution in [3.8, 4) is 0 Å². The van der Waals surface area contributed by atoms with Crippen molar-refractivity contribution in [3.63, 3.8) is 0 Å². The Labute approximate surface area is 69.0 Å². The summed E-state index contributed by atoms with van der Waals surface area (Å²) in [6.07, 6.45) is -1.95. The maximum Gasteiger partial charge on any atom is 0.340 e. The Morgan fingerprint density at radius 2 is 1.91 bits per heavy atom. The van der Waals surface area contributed by atoms with Gasteiger partial charge in [0.25, 0.3) is 5.12 Å². The summed E-state index contributed by atoms with van der Waals surface area (Å²) in [5, 5.41) is 7.21. The van der Waals surface area contributed by atoms with Crippen LogP contribution >= 0.6 is 12.6 Å². The van der Waals surface area contributed by atoms with Crippen LogP contribution in [0.15, 0.2) is 0 Å². The highest BCUT2D eigenvalue weighted by Crippen LogP contribution is 2.26. The summed E-state index contributed by atoms with van der Waals surface area (Å²) >= 11 is 2.96. The fourth-order valence-electron chi connectivity index (χ4n) is 0.545. The highest BCUT2D eigenvalue weighted by atomic mass is 32.1. The lowest BCUT2D eigenvalue weighted by atomic mass is 10.0. The number of hydrogen-bond donors (Lipinski definition) is 2. The van der Waals surface area contributed by atoms with E-state index < -0.39 is 23.1 Å². The first-order valence-electron chi connectivity index (χ1n) is 3.09. The average molecular weight is 184 g/mol. The Hall–Kier alpha value is -0.160. The van der Waals surface area contributed by atoms with Crippen LogP contribution in [0.3, 0.4) is 0 Å². The first kappa shape index (κ1) is 10.8. The number of hydrogen-bond acceptors (Lipinski definition) is 2. The number of rotatable bonds is 3. The third-order valence-corrected chi connectivity index (χ3v) is 1.59. The van der Waals surface area contributed by atoms with Gasteiger partial charge in [-0.25, -0.2) is 0 Å². The summed E-state index contributed by atoms with van der Waals surface area (Å²) < 4.78 is 25.0. The van der Waals surface area contributed by atoms with Gasteiger partial charge in [-0.15, -0.1) is 0 Å². The molecule has 1 unspecified atom stereocenters. The van der Waals surface area contributed by atoms with Crippen molar-refractivity contribution in [1.29, 1.82) is 0 Å². The molecule has 0 aromatic rings. The second kappa shape index (κ2) is 3.49. The molecule has 0 rings (SSSR count). The Kier molecular flexibility index (Phi) is 3.44. The Morgan fingerprint density at radius 1 is 1.55 bits per heavy atom. The number of alkyl halides is 2. The quantitative estimate of drug-likeness (QED) is 0.644. The van der Waals surface area contributed by atoms with Gasteiger partial charge in [0.15, 0.2) is 0 Å². The van der Waals surface area contributed by atoms with Gasteiger partial charge >= 0.3 is 5.92 Å². The normalized spacial score (nSPS) is 15.2. The predicted octanol–water partition coefficient (Wildman–Crippen LogP) is 1.09. The van der Waals surface area contributed by atoms with E-state index >= 15 is 0 Å². The molecule has 1 N–H and O–H groups in total. The number of aliphatic hydroxyl groups excluding tert-OH is 1. The molecule has 2 nitrogen and oxygen atoms in total. The smallest absolute Gasteiger partial charge is 0.340 e. The van der Waals surface area contributed by atoms with Gasteiger partial charge in [0, 0.05) is 0 Å². The molecule has 1 atom stereocenters. The van der Waals surface area contributed by atoms with Crippen LogP contribution in [0.25, 0.3) is 0 Å². The van der Waals surface area contributed by atoms with Crippen LogP contribution in [-0.4, -0.2) is 22.2 Å². The lowest BCUT2D eigenvalue weighted by molar-refractivity contribution is -0.156. The number of halogens is 2. The predicted molar refractivity (Wildman–Crippen MR) is 39.8 cm³/mol. The van der Waals surface area contributed by atoms with Crippen molar-refractivity contribution < 1.29 is 18.7 Å². The first-order valence-corrected chi connectivity index (χ1v) is 3.54. The van der Waals surface area contributed by atoms with Crippen LogP contribution in [0.5, 0.6) is 0 Å². The van der Waals surface area contributed by atoms with Crippen molar-refractivity contribution in [2.45, 2.75) is 25.9 Å². The molecule has 0 bridgehead atoms.